The number of amidine groups is 1. The molecule has 5 rings (SSSR count). The lowest BCUT2D eigenvalue weighted by Crippen LogP contribution is -2.26. The van der Waals surface area contributed by atoms with Crippen molar-refractivity contribution >= 4 is 17.3 Å². The van der Waals surface area contributed by atoms with Gasteiger partial charge in [0.2, 0.25) is 0 Å². The number of aryl methyl sites for hydroxylation is 1. The highest BCUT2D eigenvalue weighted by atomic mass is 15.2. The number of H-pyrrole nitrogens is 1. The van der Waals surface area contributed by atoms with Gasteiger partial charge in [-0.2, -0.15) is 5.10 Å². The molecule has 0 aliphatic carbocycles. The van der Waals surface area contributed by atoms with Gasteiger partial charge in [0.05, 0.1) is 6.20 Å². The third-order valence-electron chi connectivity index (χ3n) is 6.02. The van der Waals surface area contributed by atoms with Crippen molar-refractivity contribution < 1.29 is 0 Å². The summed E-state index contributed by atoms with van der Waals surface area (Å²) in [6.45, 7) is 6.52. The van der Waals surface area contributed by atoms with Gasteiger partial charge < -0.3 is 5.32 Å². The molecule has 1 aromatic carbocycles. The van der Waals surface area contributed by atoms with Crippen LogP contribution in [0.15, 0.2) is 47.7 Å². The zero-order valence-electron chi connectivity index (χ0n) is 16.9. The molecule has 2 N–H and O–H groups in total. The minimum absolute atomic E-state index is 0.664. The van der Waals surface area contributed by atoms with Gasteiger partial charge in [-0.1, -0.05) is 6.07 Å². The summed E-state index contributed by atoms with van der Waals surface area (Å²) in [4.78, 5) is 11.8. The molecule has 6 nitrogen and oxygen atoms in total. The van der Waals surface area contributed by atoms with Crippen LogP contribution in [0.1, 0.15) is 36.6 Å². The first-order chi connectivity index (χ1) is 14.2. The Morgan fingerprint density at radius 3 is 2.97 bits per heavy atom. The Kier molecular flexibility index (Phi) is 4.64. The molecule has 6 heteroatoms. The van der Waals surface area contributed by atoms with E-state index in [-0.39, 0.29) is 0 Å². The Bertz CT molecular complexity index is 1070. The van der Waals surface area contributed by atoms with Crippen LogP contribution in [0.5, 0.6) is 0 Å². The molecular formula is C23H26N6. The minimum atomic E-state index is 0.664. The predicted molar refractivity (Wildman–Crippen MR) is 117 cm³/mol. The zero-order valence-corrected chi connectivity index (χ0v) is 16.9. The molecule has 0 radical (unpaired) electrons. The van der Waals surface area contributed by atoms with E-state index in [2.05, 4.69) is 62.7 Å². The zero-order chi connectivity index (χ0) is 19.8. The van der Waals surface area contributed by atoms with Crippen molar-refractivity contribution in [1.82, 2.24) is 20.1 Å². The summed E-state index contributed by atoms with van der Waals surface area (Å²) in [7, 11) is 0. The molecule has 1 saturated heterocycles. The summed E-state index contributed by atoms with van der Waals surface area (Å²) in [5.74, 6) is 1.72. The molecule has 2 aromatic heterocycles. The molecule has 1 atom stereocenters. The van der Waals surface area contributed by atoms with Crippen LogP contribution in [0.3, 0.4) is 0 Å². The number of aromatic amines is 1. The second-order valence-electron chi connectivity index (χ2n) is 8.12. The molecule has 3 aromatic rings. The number of benzene rings is 1. The van der Waals surface area contributed by atoms with Gasteiger partial charge >= 0.3 is 0 Å². The fraction of sp³-hybridized carbons (Fsp3) is 0.348. The minimum Gasteiger partial charge on any atom is -0.343 e. The van der Waals surface area contributed by atoms with Gasteiger partial charge in [-0.15, -0.1) is 0 Å². The van der Waals surface area contributed by atoms with Gasteiger partial charge in [-0.3, -0.25) is 10.00 Å². The first-order valence-corrected chi connectivity index (χ1v) is 10.3. The molecule has 2 aliphatic rings. The van der Waals surface area contributed by atoms with Crippen molar-refractivity contribution in [3.05, 3.63) is 59.5 Å². The van der Waals surface area contributed by atoms with Crippen molar-refractivity contribution in [3.8, 4) is 11.1 Å². The fourth-order valence-electron chi connectivity index (χ4n) is 4.34. The van der Waals surface area contributed by atoms with Crippen LogP contribution in [0.4, 0.5) is 11.5 Å². The predicted octanol–water partition coefficient (Wildman–Crippen LogP) is 4.46. The molecule has 148 valence electrons. The molecular weight excluding hydrogens is 360 g/mol. The van der Waals surface area contributed by atoms with Gasteiger partial charge in [-0.25, -0.2) is 9.98 Å². The summed E-state index contributed by atoms with van der Waals surface area (Å²) in [5.41, 5.74) is 7.06. The van der Waals surface area contributed by atoms with Gasteiger partial charge in [-0.05, 0) is 74.2 Å². The van der Waals surface area contributed by atoms with E-state index in [0.717, 1.165) is 41.6 Å². The largest absolute Gasteiger partial charge is 0.343 e. The number of nitrogens with zero attached hydrogens (tertiary/aromatic N) is 4. The highest BCUT2D eigenvalue weighted by molar-refractivity contribution is 6.04. The lowest BCUT2D eigenvalue weighted by atomic mass is 10.0. The van der Waals surface area contributed by atoms with Gasteiger partial charge in [0.25, 0.3) is 0 Å². The van der Waals surface area contributed by atoms with Crippen LogP contribution >= 0.6 is 0 Å². The first kappa shape index (κ1) is 18.1. The molecule has 1 fully saturated rings. The van der Waals surface area contributed by atoms with Crippen molar-refractivity contribution in [2.75, 3.05) is 11.9 Å². The lowest BCUT2D eigenvalue weighted by Gasteiger charge is -2.20. The summed E-state index contributed by atoms with van der Waals surface area (Å²) in [6, 6.07) is 11.4. The summed E-state index contributed by atoms with van der Waals surface area (Å²) in [6.07, 6.45) is 7.13. The second kappa shape index (κ2) is 7.44. The molecule has 2 aliphatic heterocycles. The monoisotopic (exact) mass is 386 g/mol. The molecule has 0 spiro atoms. The van der Waals surface area contributed by atoms with Crippen molar-refractivity contribution in [1.29, 1.82) is 0 Å². The Labute approximate surface area is 171 Å². The van der Waals surface area contributed by atoms with Crippen molar-refractivity contribution in [2.45, 2.75) is 45.7 Å². The van der Waals surface area contributed by atoms with E-state index in [4.69, 9.17) is 4.99 Å². The molecule has 0 bridgehead atoms. The third kappa shape index (κ3) is 3.68. The van der Waals surface area contributed by atoms with E-state index in [0.29, 0.717) is 6.04 Å². The Balaban J connectivity index is 1.34. The van der Waals surface area contributed by atoms with Crippen LogP contribution in [0.2, 0.25) is 0 Å². The molecule has 0 unspecified atom stereocenters. The number of fused-ring (bicyclic) bond motifs is 1. The van der Waals surface area contributed by atoms with Gasteiger partial charge in [0.15, 0.2) is 5.82 Å². The van der Waals surface area contributed by atoms with Crippen LogP contribution < -0.4 is 5.32 Å². The standard InChI is InChI=1S/C23H26N6/c1-15-4-3-9-29(15)14-17-7-8-24-22(10-17)27-23-12-19-11-18(5-6-21(19)26-23)20-13-25-28-16(20)2/h5-8,10-11,13,15H,3-4,9,12,14H2,1-2H3,(H,25,28)(H,24,26,27)/t15-/m1/s1. The summed E-state index contributed by atoms with van der Waals surface area (Å²) in [5, 5.41) is 10.6. The number of hydrogen-bond donors (Lipinski definition) is 2. The summed E-state index contributed by atoms with van der Waals surface area (Å²) >= 11 is 0. The maximum absolute atomic E-state index is 4.79. The lowest BCUT2D eigenvalue weighted by molar-refractivity contribution is 0.260. The second-order valence-corrected chi connectivity index (χ2v) is 8.12. The SMILES string of the molecule is Cc1[nH]ncc1-c1ccc2c(c1)CC(=Nc1cc(CN3CCC[C@H]3C)ccn1)N2. The number of hydrogen-bond acceptors (Lipinski definition) is 4. The van der Waals surface area contributed by atoms with Crippen molar-refractivity contribution in [3.63, 3.8) is 0 Å². The maximum atomic E-state index is 4.79. The van der Waals surface area contributed by atoms with E-state index < -0.39 is 0 Å². The average molecular weight is 387 g/mol. The van der Waals surface area contributed by atoms with Crippen LogP contribution in [-0.4, -0.2) is 38.5 Å². The summed E-state index contributed by atoms with van der Waals surface area (Å²) < 4.78 is 0. The molecule has 0 amide bonds. The van der Waals surface area contributed by atoms with E-state index in [9.17, 15) is 0 Å². The number of pyridine rings is 1. The van der Waals surface area contributed by atoms with Crippen molar-refractivity contribution in [2.24, 2.45) is 4.99 Å². The van der Waals surface area contributed by atoms with E-state index in [1.54, 1.807) is 0 Å². The number of anilines is 1. The number of nitrogens with one attached hydrogen (secondary N) is 2. The number of rotatable bonds is 4. The Hall–Kier alpha value is -2.99. The Morgan fingerprint density at radius 2 is 2.17 bits per heavy atom. The highest BCUT2D eigenvalue weighted by Gasteiger charge is 2.21. The maximum Gasteiger partial charge on any atom is 0.154 e. The average Bonchev–Trinajstić information content (AvgIpc) is 3.42. The van der Waals surface area contributed by atoms with E-state index >= 15 is 0 Å². The molecule has 0 saturated carbocycles. The first-order valence-electron chi connectivity index (χ1n) is 10.3. The highest BCUT2D eigenvalue weighted by Crippen LogP contribution is 2.31. The van der Waals surface area contributed by atoms with Gasteiger partial charge in [0.1, 0.15) is 5.84 Å². The van der Waals surface area contributed by atoms with E-state index in [1.165, 1.54) is 36.1 Å². The van der Waals surface area contributed by atoms with Crippen LogP contribution in [0, 0.1) is 6.92 Å². The number of aliphatic imine (C=N–C) groups is 1. The van der Waals surface area contributed by atoms with Crippen LogP contribution in [0.25, 0.3) is 11.1 Å². The van der Waals surface area contributed by atoms with Gasteiger partial charge in [0, 0.05) is 42.1 Å². The molecule has 4 heterocycles. The van der Waals surface area contributed by atoms with E-state index in [1.807, 2.05) is 19.3 Å². The quantitative estimate of drug-likeness (QED) is 0.694. The third-order valence-corrected chi connectivity index (χ3v) is 6.02. The molecule has 29 heavy (non-hydrogen) atoms. The normalized spacial score (nSPS) is 20.2. The van der Waals surface area contributed by atoms with Crippen LogP contribution in [-0.2, 0) is 13.0 Å². The smallest absolute Gasteiger partial charge is 0.154 e. The number of likely N-dealkylation sites (tertiary alicyclic amines) is 1. The number of aromatic nitrogens is 3. The topological polar surface area (TPSA) is 69.2 Å². The Morgan fingerprint density at radius 1 is 1.24 bits per heavy atom. The fourth-order valence-corrected chi connectivity index (χ4v) is 4.34.